The molecule has 15 heavy (non-hydrogen) atoms. The maximum Gasteiger partial charge on any atom is 0.225 e. The minimum Gasteiger partial charge on any atom is -0.211 e. The third-order valence-electron chi connectivity index (χ3n) is 3.12. The van der Waals surface area contributed by atoms with Crippen LogP contribution in [0.15, 0.2) is 0 Å². The van der Waals surface area contributed by atoms with Gasteiger partial charge in [0.1, 0.15) is 5.21 Å². The lowest BCUT2D eigenvalue weighted by Crippen LogP contribution is -2.38. The fourth-order valence-corrected chi connectivity index (χ4v) is 3.23. The molecule has 1 fully saturated rings. The average molecular weight is 254 g/mol. The molecule has 0 aromatic carbocycles. The van der Waals surface area contributed by atoms with Crippen LogP contribution in [0.3, 0.4) is 0 Å². The van der Waals surface area contributed by atoms with Crippen LogP contribution in [0.5, 0.6) is 0 Å². The summed E-state index contributed by atoms with van der Waals surface area (Å²) in [5.74, 6) is 0.477. The highest BCUT2D eigenvalue weighted by Crippen LogP contribution is 2.25. The van der Waals surface area contributed by atoms with E-state index < -0.39 is 10.0 Å². The molecular weight excluding hydrogens is 234 g/mol. The van der Waals surface area contributed by atoms with Crippen molar-refractivity contribution in [3.8, 4) is 0 Å². The lowest BCUT2D eigenvalue weighted by Gasteiger charge is -2.22. The van der Waals surface area contributed by atoms with Gasteiger partial charge in [0.15, 0.2) is 0 Å². The molecule has 0 heterocycles. The molecule has 1 rings (SSSR count). The van der Waals surface area contributed by atoms with Crippen LogP contribution in [0.25, 0.3) is 0 Å². The molecule has 0 radical (unpaired) electrons. The Morgan fingerprint density at radius 3 is 2.27 bits per heavy atom. The lowest BCUT2D eigenvalue weighted by molar-refractivity contribution is 0.371. The Hall–Kier alpha value is 0.200. The number of hydrogen-bond donors (Lipinski definition) is 1. The van der Waals surface area contributed by atoms with Crippen LogP contribution in [-0.4, -0.2) is 19.7 Å². The summed E-state index contributed by atoms with van der Waals surface area (Å²) >= 11 is 5.36. The van der Waals surface area contributed by atoms with Gasteiger partial charge >= 0.3 is 0 Å². The molecule has 0 unspecified atom stereocenters. The highest BCUT2D eigenvalue weighted by molar-refractivity contribution is 7.90. The van der Waals surface area contributed by atoms with Crippen LogP contribution in [0, 0.1) is 5.92 Å². The van der Waals surface area contributed by atoms with Crippen LogP contribution in [0.4, 0.5) is 0 Å². The van der Waals surface area contributed by atoms with Gasteiger partial charge in [-0.1, -0.05) is 25.7 Å². The zero-order valence-electron chi connectivity index (χ0n) is 9.21. The van der Waals surface area contributed by atoms with Crippen molar-refractivity contribution in [2.45, 2.75) is 51.5 Å². The molecule has 1 saturated carbocycles. The van der Waals surface area contributed by atoms with Gasteiger partial charge in [-0.25, -0.2) is 13.1 Å². The highest BCUT2D eigenvalue weighted by atomic mass is 35.5. The molecule has 0 aliphatic heterocycles. The second-order valence-electron chi connectivity index (χ2n) is 4.38. The van der Waals surface area contributed by atoms with Gasteiger partial charge in [0, 0.05) is 6.04 Å². The largest absolute Gasteiger partial charge is 0.225 e. The molecule has 0 bridgehead atoms. The van der Waals surface area contributed by atoms with Crippen LogP contribution in [-0.2, 0) is 10.0 Å². The summed E-state index contributed by atoms with van der Waals surface area (Å²) < 4.78 is 25.2. The minimum absolute atomic E-state index is 0.0202. The van der Waals surface area contributed by atoms with Gasteiger partial charge in [-0.2, -0.15) is 0 Å². The van der Waals surface area contributed by atoms with E-state index in [2.05, 4.69) is 4.72 Å². The summed E-state index contributed by atoms with van der Waals surface area (Å²) in [6, 6.07) is 0.0202. The summed E-state index contributed by atoms with van der Waals surface area (Å²) in [6.07, 6.45) is 7.27. The first-order valence-corrected chi connectivity index (χ1v) is 7.80. The van der Waals surface area contributed by atoms with E-state index in [0.29, 0.717) is 5.92 Å². The topological polar surface area (TPSA) is 46.2 Å². The second-order valence-corrected chi connectivity index (χ2v) is 6.72. The van der Waals surface area contributed by atoms with Gasteiger partial charge in [0.25, 0.3) is 0 Å². The van der Waals surface area contributed by atoms with E-state index in [1.54, 1.807) is 0 Å². The maximum absolute atomic E-state index is 11.3. The molecule has 1 aliphatic carbocycles. The van der Waals surface area contributed by atoms with Crippen LogP contribution in [0.1, 0.15) is 45.4 Å². The van der Waals surface area contributed by atoms with Crippen molar-refractivity contribution in [1.29, 1.82) is 0 Å². The van der Waals surface area contributed by atoms with Gasteiger partial charge in [-0.05, 0) is 25.7 Å². The second kappa shape index (κ2) is 6.06. The first-order chi connectivity index (χ1) is 7.05. The Bertz CT molecular complexity index is 271. The van der Waals surface area contributed by atoms with E-state index >= 15 is 0 Å². The van der Waals surface area contributed by atoms with Crippen molar-refractivity contribution in [3.05, 3.63) is 0 Å². The number of rotatable bonds is 4. The van der Waals surface area contributed by atoms with Crippen molar-refractivity contribution < 1.29 is 8.42 Å². The molecule has 0 aromatic heterocycles. The highest BCUT2D eigenvalue weighted by Gasteiger charge is 2.22. The predicted octanol–water partition coefficient (Wildman–Crippen LogP) is 2.46. The monoisotopic (exact) mass is 253 g/mol. The van der Waals surface area contributed by atoms with Gasteiger partial charge in [-0.15, -0.1) is 11.6 Å². The fraction of sp³-hybridized carbons (Fsp3) is 1.00. The Kier molecular flexibility index (Phi) is 5.36. The first kappa shape index (κ1) is 13.3. The Morgan fingerprint density at radius 2 is 1.80 bits per heavy atom. The SMILES string of the molecule is C[C@H](NS(=O)(=O)CCl)C1CCCCCC1. The Labute approximate surface area is 97.6 Å². The maximum atomic E-state index is 11.3. The van der Waals surface area contributed by atoms with E-state index in [1.807, 2.05) is 6.92 Å². The van der Waals surface area contributed by atoms with Crippen molar-refractivity contribution >= 4 is 21.6 Å². The van der Waals surface area contributed by atoms with Crippen molar-refractivity contribution in [3.63, 3.8) is 0 Å². The fourth-order valence-electron chi connectivity index (χ4n) is 2.22. The summed E-state index contributed by atoms with van der Waals surface area (Å²) in [6.45, 7) is 1.94. The van der Waals surface area contributed by atoms with E-state index in [9.17, 15) is 8.42 Å². The van der Waals surface area contributed by atoms with E-state index in [-0.39, 0.29) is 11.3 Å². The molecule has 5 heteroatoms. The summed E-state index contributed by atoms with van der Waals surface area (Å²) in [5, 5.41) is -0.343. The number of nitrogens with one attached hydrogen (secondary N) is 1. The summed E-state index contributed by atoms with van der Waals surface area (Å²) in [4.78, 5) is 0. The van der Waals surface area contributed by atoms with Gasteiger partial charge in [0.2, 0.25) is 10.0 Å². The number of hydrogen-bond acceptors (Lipinski definition) is 2. The van der Waals surface area contributed by atoms with Gasteiger partial charge in [-0.3, -0.25) is 0 Å². The third kappa shape index (κ3) is 4.70. The Balaban J connectivity index is 2.47. The van der Waals surface area contributed by atoms with Gasteiger partial charge in [0.05, 0.1) is 0 Å². The molecule has 3 nitrogen and oxygen atoms in total. The molecule has 1 atom stereocenters. The van der Waals surface area contributed by atoms with Crippen molar-refractivity contribution in [1.82, 2.24) is 4.72 Å². The molecule has 90 valence electrons. The van der Waals surface area contributed by atoms with E-state index in [4.69, 9.17) is 11.6 Å². The third-order valence-corrected chi connectivity index (χ3v) is 5.00. The molecular formula is C10H20ClNO2S. The summed E-state index contributed by atoms with van der Waals surface area (Å²) in [7, 11) is -3.26. The molecule has 0 amide bonds. The van der Waals surface area contributed by atoms with E-state index in [1.165, 1.54) is 25.7 Å². The minimum atomic E-state index is -3.26. The molecule has 0 saturated heterocycles. The van der Waals surface area contributed by atoms with Crippen LogP contribution >= 0.6 is 11.6 Å². The van der Waals surface area contributed by atoms with E-state index in [0.717, 1.165) is 12.8 Å². The summed E-state index contributed by atoms with van der Waals surface area (Å²) in [5.41, 5.74) is 0. The zero-order chi connectivity index (χ0) is 11.3. The zero-order valence-corrected chi connectivity index (χ0v) is 10.8. The first-order valence-electron chi connectivity index (χ1n) is 5.61. The standard InChI is InChI=1S/C10H20ClNO2S/c1-9(12-15(13,14)8-11)10-6-4-2-3-5-7-10/h9-10,12H,2-8H2,1H3/t9-/m0/s1. The van der Waals surface area contributed by atoms with Crippen LogP contribution in [0.2, 0.25) is 0 Å². The number of sulfonamides is 1. The molecule has 1 aliphatic rings. The normalized spacial score (nSPS) is 22.3. The van der Waals surface area contributed by atoms with Crippen molar-refractivity contribution in [2.75, 3.05) is 5.21 Å². The quantitative estimate of drug-likeness (QED) is 0.618. The van der Waals surface area contributed by atoms with Crippen molar-refractivity contribution in [2.24, 2.45) is 5.92 Å². The smallest absolute Gasteiger partial charge is 0.211 e. The van der Waals surface area contributed by atoms with Gasteiger partial charge < -0.3 is 0 Å². The molecule has 0 aromatic rings. The molecule has 0 spiro atoms. The van der Waals surface area contributed by atoms with Crippen LogP contribution < -0.4 is 4.72 Å². The number of halogens is 1. The average Bonchev–Trinajstić information content (AvgIpc) is 2.45. The predicted molar refractivity (Wildman–Crippen MR) is 63.4 cm³/mol. The number of alkyl halides is 1. The molecule has 1 N–H and O–H groups in total. The lowest BCUT2D eigenvalue weighted by atomic mass is 9.94. The Morgan fingerprint density at radius 1 is 1.27 bits per heavy atom.